The molecular formula is C18H13F3N6OS. The average molecular weight is 418 g/mol. The van der Waals surface area contributed by atoms with Crippen molar-refractivity contribution in [2.24, 2.45) is 5.73 Å². The molecule has 7 nitrogen and oxygen atoms in total. The van der Waals surface area contributed by atoms with Crippen molar-refractivity contribution in [3.63, 3.8) is 0 Å². The molecule has 4 aromatic heterocycles. The molecule has 0 aliphatic carbocycles. The lowest BCUT2D eigenvalue weighted by Crippen LogP contribution is -2.19. The van der Waals surface area contributed by atoms with Crippen molar-refractivity contribution < 1.29 is 18.0 Å². The van der Waals surface area contributed by atoms with E-state index >= 15 is 0 Å². The lowest BCUT2D eigenvalue weighted by atomic mass is 10.2. The predicted octanol–water partition coefficient (Wildman–Crippen LogP) is 3.45. The quantitative estimate of drug-likeness (QED) is 0.547. The second-order valence-corrected chi connectivity index (χ2v) is 7.11. The molecule has 0 bridgehead atoms. The maximum Gasteiger partial charge on any atom is 0.393 e. The highest BCUT2D eigenvalue weighted by molar-refractivity contribution is 7.13. The number of hydrogen-bond acceptors (Lipinski definition) is 6. The van der Waals surface area contributed by atoms with E-state index in [1.165, 1.54) is 28.3 Å². The van der Waals surface area contributed by atoms with E-state index in [9.17, 15) is 18.0 Å². The second kappa shape index (κ2) is 6.92. The molecule has 4 heterocycles. The Kier molecular flexibility index (Phi) is 4.53. The van der Waals surface area contributed by atoms with Crippen LogP contribution in [-0.2, 0) is 6.42 Å². The number of aromatic nitrogens is 5. The van der Waals surface area contributed by atoms with E-state index in [1.54, 1.807) is 30.6 Å². The number of halogens is 3. The number of alkyl halides is 3. The van der Waals surface area contributed by atoms with Gasteiger partial charge in [0.05, 0.1) is 23.1 Å². The molecule has 0 saturated heterocycles. The molecular weight excluding hydrogens is 405 g/mol. The highest BCUT2D eigenvalue weighted by atomic mass is 32.1. The predicted molar refractivity (Wildman–Crippen MR) is 101 cm³/mol. The van der Waals surface area contributed by atoms with Crippen molar-refractivity contribution >= 4 is 28.3 Å². The zero-order chi connectivity index (χ0) is 20.8. The molecule has 0 aliphatic rings. The van der Waals surface area contributed by atoms with Gasteiger partial charge in [0, 0.05) is 29.5 Å². The number of aryl methyl sites for hydroxylation is 1. The zero-order valence-corrected chi connectivity index (χ0v) is 15.8. The molecule has 0 radical (unpaired) electrons. The number of primary amides is 1. The van der Waals surface area contributed by atoms with E-state index in [2.05, 4.69) is 19.9 Å². The molecule has 0 saturated carbocycles. The minimum atomic E-state index is -4.42. The fourth-order valence-corrected chi connectivity index (χ4v) is 3.66. The molecule has 11 heteroatoms. The largest absolute Gasteiger partial charge is 0.393 e. The number of nitrogens with zero attached hydrogens (tertiary/aromatic N) is 5. The van der Waals surface area contributed by atoms with Crippen LogP contribution >= 0.6 is 11.3 Å². The zero-order valence-electron chi connectivity index (χ0n) is 14.9. The standard InChI is InChI=1S/C18H13F3N6OS/c1-9-12(14(22)28)16(26-15(25-9)17-24-5-6-29-17)27-8-10(7-18(19,20)21)13-11(27)3-2-4-23-13/h2-6,8H,7H2,1H3,(H2,22,28). The van der Waals surface area contributed by atoms with E-state index in [0.717, 1.165) is 0 Å². The third kappa shape index (κ3) is 3.56. The van der Waals surface area contributed by atoms with Crippen LogP contribution in [0.3, 0.4) is 0 Å². The summed E-state index contributed by atoms with van der Waals surface area (Å²) in [7, 11) is 0. The molecule has 0 unspecified atom stereocenters. The summed E-state index contributed by atoms with van der Waals surface area (Å²) in [5, 5.41) is 2.25. The smallest absolute Gasteiger partial charge is 0.365 e. The number of carbonyl (C=O) groups excluding carboxylic acids is 1. The maximum absolute atomic E-state index is 13.1. The Morgan fingerprint density at radius 2 is 2.03 bits per heavy atom. The van der Waals surface area contributed by atoms with Crippen LogP contribution in [0, 0.1) is 6.92 Å². The van der Waals surface area contributed by atoms with Crippen molar-refractivity contribution in [1.82, 2.24) is 24.5 Å². The van der Waals surface area contributed by atoms with Crippen LogP contribution < -0.4 is 5.73 Å². The maximum atomic E-state index is 13.1. The highest BCUT2D eigenvalue weighted by Gasteiger charge is 2.31. The van der Waals surface area contributed by atoms with Gasteiger partial charge in [-0.25, -0.2) is 15.0 Å². The van der Waals surface area contributed by atoms with Gasteiger partial charge >= 0.3 is 6.18 Å². The first-order valence-corrected chi connectivity index (χ1v) is 9.23. The summed E-state index contributed by atoms with van der Waals surface area (Å²) >= 11 is 1.30. The second-order valence-electron chi connectivity index (χ2n) is 6.22. The Hall–Kier alpha value is -3.34. The first-order chi connectivity index (χ1) is 13.7. The fraction of sp³-hybridized carbons (Fsp3) is 0.167. The van der Waals surface area contributed by atoms with Gasteiger partial charge in [0.2, 0.25) is 0 Å². The molecule has 1 amide bonds. The van der Waals surface area contributed by atoms with Crippen LogP contribution in [0.4, 0.5) is 13.2 Å². The summed E-state index contributed by atoms with van der Waals surface area (Å²) in [6.07, 6.45) is -1.31. The van der Waals surface area contributed by atoms with Crippen LogP contribution in [-0.4, -0.2) is 36.6 Å². The lowest BCUT2D eigenvalue weighted by molar-refractivity contribution is -0.127. The minimum Gasteiger partial charge on any atom is -0.365 e. The number of carbonyl (C=O) groups is 1. The minimum absolute atomic E-state index is 0.0182. The Morgan fingerprint density at radius 3 is 2.69 bits per heavy atom. The first kappa shape index (κ1) is 19.0. The van der Waals surface area contributed by atoms with Crippen molar-refractivity contribution in [3.05, 3.63) is 52.9 Å². The number of hydrogen-bond donors (Lipinski definition) is 1. The summed E-state index contributed by atoms with van der Waals surface area (Å²) in [5.41, 5.74) is 6.37. The van der Waals surface area contributed by atoms with Gasteiger partial charge in [-0.05, 0) is 19.1 Å². The normalized spacial score (nSPS) is 11.9. The van der Waals surface area contributed by atoms with Crippen molar-refractivity contribution in [2.75, 3.05) is 0 Å². The van der Waals surface area contributed by atoms with Gasteiger partial charge < -0.3 is 5.73 Å². The molecule has 0 spiro atoms. The summed E-state index contributed by atoms with van der Waals surface area (Å²) in [6, 6.07) is 3.20. The molecule has 4 aromatic rings. The van der Waals surface area contributed by atoms with Gasteiger partial charge in [-0.15, -0.1) is 11.3 Å². The fourth-order valence-electron chi connectivity index (χ4n) is 3.10. The van der Waals surface area contributed by atoms with Crippen LogP contribution in [0.25, 0.3) is 27.7 Å². The van der Waals surface area contributed by atoms with E-state index in [-0.39, 0.29) is 28.3 Å². The highest BCUT2D eigenvalue weighted by Crippen LogP contribution is 2.31. The van der Waals surface area contributed by atoms with Crippen molar-refractivity contribution in [2.45, 2.75) is 19.5 Å². The molecule has 0 aromatic carbocycles. The Bertz CT molecular complexity index is 1220. The van der Waals surface area contributed by atoms with Crippen molar-refractivity contribution in [3.8, 4) is 16.6 Å². The van der Waals surface area contributed by atoms with E-state index in [4.69, 9.17) is 5.73 Å². The third-order valence-corrected chi connectivity index (χ3v) is 4.96. The van der Waals surface area contributed by atoms with Crippen LogP contribution in [0.1, 0.15) is 21.6 Å². The van der Waals surface area contributed by atoms with Crippen LogP contribution in [0.15, 0.2) is 36.1 Å². The average Bonchev–Trinajstić information content (AvgIpc) is 3.28. The van der Waals surface area contributed by atoms with Crippen LogP contribution in [0.2, 0.25) is 0 Å². The summed E-state index contributed by atoms with van der Waals surface area (Å²) in [5.74, 6) is -0.450. The number of rotatable bonds is 4. The Morgan fingerprint density at radius 1 is 1.24 bits per heavy atom. The van der Waals surface area contributed by atoms with Gasteiger partial charge in [-0.1, -0.05) is 0 Å². The van der Waals surface area contributed by atoms with Gasteiger partial charge in [-0.2, -0.15) is 13.2 Å². The molecule has 2 N–H and O–H groups in total. The molecule has 148 valence electrons. The third-order valence-electron chi connectivity index (χ3n) is 4.19. The van der Waals surface area contributed by atoms with Crippen LogP contribution in [0.5, 0.6) is 0 Å². The Balaban J connectivity index is 2.01. The van der Waals surface area contributed by atoms with Gasteiger partial charge in [0.25, 0.3) is 5.91 Å². The molecule has 29 heavy (non-hydrogen) atoms. The molecule has 0 atom stereocenters. The number of amides is 1. The van der Waals surface area contributed by atoms with E-state index in [1.807, 2.05) is 0 Å². The number of thiazole rings is 1. The number of pyridine rings is 1. The summed E-state index contributed by atoms with van der Waals surface area (Å²) < 4.78 is 40.6. The number of fused-ring (bicyclic) bond motifs is 1. The van der Waals surface area contributed by atoms with E-state index in [0.29, 0.717) is 16.2 Å². The summed E-state index contributed by atoms with van der Waals surface area (Å²) in [4.78, 5) is 29.1. The van der Waals surface area contributed by atoms with Gasteiger partial charge in [0.15, 0.2) is 16.6 Å². The molecule has 4 rings (SSSR count). The van der Waals surface area contributed by atoms with Gasteiger partial charge in [-0.3, -0.25) is 14.3 Å². The Labute approximate surface area is 166 Å². The lowest BCUT2D eigenvalue weighted by Gasteiger charge is -2.12. The van der Waals surface area contributed by atoms with Gasteiger partial charge in [0.1, 0.15) is 5.56 Å². The van der Waals surface area contributed by atoms with E-state index < -0.39 is 18.5 Å². The number of nitrogens with two attached hydrogens (primary N) is 1. The molecule has 0 aliphatic heterocycles. The summed E-state index contributed by atoms with van der Waals surface area (Å²) in [6.45, 7) is 1.59. The topological polar surface area (TPSA) is 99.6 Å². The SMILES string of the molecule is Cc1nc(-c2nccs2)nc(-n2cc(CC(F)(F)F)c3ncccc32)c1C(N)=O. The molecule has 0 fully saturated rings. The first-order valence-electron chi connectivity index (χ1n) is 8.35. The monoisotopic (exact) mass is 418 g/mol. The van der Waals surface area contributed by atoms with Crippen molar-refractivity contribution in [1.29, 1.82) is 0 Å².